The number of aromatic nitrogens is 3. The molecule has 7 heteroatoms. The molecule has 0 unspecified atom stereocenters. The number of nitrogens with zero attached hydrogens (tertiary/aromatic N) is 3. The molecule has 0 saturated heterocycles. The van der Waals surface area contributed by atoms with E-state index in [1.807, 2.05) is 31.2 Å². The fourth-order valence-electron chi connectivity index (χ4n) is 2.30. The number of fused-ring (bicyclic) bond motifs is 1. The second-order valence-electron chi connectivity index (χ2n) is 5.43. The fourth-order valence-corrected chi connectivity index (χ4v) is 3.53. The number of rotatable bonds is 3. The highest BCUT2D eigenvalue weighted by Crippen LogP contribution is 2.33. The SMILES string of the molecule is Cc1cc(NC(=O)C2CC2)n(-c2nc3c(Cl)cccc3s2)n1. The molecule has 2 aromatic heterocycles. The molecule has 1 fully saturated rings. The number of carbonyl (C=O) groups excluding carboxylic acids is 1. The van der Waals surface area contributed by atoms with E-state index < -0.39 is 0 Å². The first-order valence-corrected chi connectivity index (χ1v) is 8.24. The van der Waals surface area contributed by atoms with E-state index in [1.165, 1.54) is 11.3 Å². The van der Waals surface area contributed by atoms with Gasteiger partial charge in [0, 0.05) is 12.0 Å². The zero-order chi connectivity index (χ0) is 15.3. The molecule has 112 valence electrons. The third-order valence-electron chi connectivity index (χ3n) is 3.57. The lowest BCUT2D eigenvalue weighted by Crippen LogP contribution is -2.16. The number of hydrogen-bond acceptors (Lipinski definition) is 4. The Balaban J connectivity index is 1.76. The van der Waals surface area contributed by atoms with Crippen LogP contribution < -0.4 is 5.32 Å². The standard InChI is InChI=1S/C15H13ClN4OS/c1-8-7-12(17-14(21)9-5-6-9)20(19-8)15-18-13-10(16)3-2-4-11(13)22-15/h2-4,7,9H,5-6H2,1H3,(H,17,21). The molecule has 1 aromatic carbocycles. The van der Waals surface area contributed by atoms with Gasteiger partial charge in [0.05, 0.1) is 15.4 Å². The largest absolute Gasteiger partial charge is 0.310 e. The highest BCUT2D eigenvalue weighted by Gasteiger charge is 2.30. The van der Waals surface area contributed by atoms with Crippen molar-refractivity contribution in [3.8, 4) is 5.13 Å². The maximum atomic E-state index is 12.0. The Morgan fingerprint density at radius 1 is 1.45 bits per heavy atom. The van der Waals surface area contributed by atoms with Crippen LogP contribution in [0.25, 0.3) is 15.3 Å². The lowest BCUT2D eigenvalue weighted by atomic mass is 10.3. The van der Waals surface area contributed by atoms with Gasteiger partial charge in [-0.15, -0.1) is 0 Å². The molecular weight excluding hydrogens is 320 g/mol. The average Bonchev–Trinajstić information content (AvgIpc) is 3.14. The fraction of sp³-hybridized carbons (Fsp3) is 0.267. The second kappa shape index (κ2) is 5.07. The summed E-state index contributed by atoms with van der Waals surface area (Å²) in [7, 11) is 0. The van der Waals surface area contributed by atoms with E-state index in [0.29, 0.717) is 16.0 Å². The molecule has 1 aliphatic rings. The molecular formula is C15H13ClN4OS. The maximum absolute atomic E-state index is 12.0. The summed E-state index contributed by atoms with van der Waals surface area (Å²) in [5, 5.41) is 8.71. The molecule has 1 saturated carbocycles. The van der Waals surface area contributed by atoms with Crippen molar-refractivity contribution in [3.05, 3.63) is 35.0 Å². The Kier molecular flexibility index (Phi) is 3.16. The van der Waals surface area contributed by atoms with Crippen molar-refractivity contribution in [1.29, 1.82) is 0 Å². The lowest BCUT2D eigenvalue weighted by molar-refractivity contribution is -0.117. The van der Waals surface area contributed by atoms with Crippen LogP contribution in [-0.4, -0.2) is 20.7 Å². The average molecular weight is 333 g/mol. The molecule has 4 rings (SSSR count). The number of benzene rings is 1. The van der Waals surface area contributed by atoms with E-state index in [4.69, 9.17) is 11.6 Å². The Labute approximate surface area is 135 Å². The number of carbonyl (C=O) groups is 1. The minimum Gasteiger partial charge on any atom is -0.310 e. The summed E-state index contributed by atoms with van der Waals surface area (Å²) < 4.78 is 2.67. The van der Waals surface area contributed by atoms with Gasteiger partial charge in [0.15, 0.2) is 0 Å². The van der Waals surface area contributed by atoms with E-state index in [-0.39, 0.29) is 11.8 Å². The zero-order valence-corrected chi connectivity index (χ0v) is 13.4. The summed E-state index contributed by atoms with van der Waals surface area (Å²) in [6.07, 6.45) is 1.94. The molecule has 0 spiro atoms. The minimum atomic E-state index is 0.0558. The number of aryl methyl sites for hydroxylation is 1. The highest BCUT2D eigenvalue weighted by atomic mass is 35.5. The Morgan fingerprint density at radius 3 is 3.00 bits per heavy atom. The van der Waals surface area contributed by atoms with Crippen molar-refractivity contribution in [2.45, 2.75) is 19.8 Å². The van der Waals surface area contributed by atoms with Crippen molar-refractivity contribution in [1.82, 2.24) is 14.8 Å². The lowest BCUT2D eigenvalue weighted by Gasteiger charge is -2.05. The monoisotopic (exact) mass is 332 g/mol. The van der Waals surface area contributed by atoms with Gasteiger partial charge in [0.1, 0.15) is 11.3 Å². The molecule has 1 amide bonds. The molecule has 1 N–H and O–H groups in total. The Morgan fingerprint density at radius 2 is 2.27 bits per heavy atom. The number of halogens is 1. The van der Waals surface area contributed by atoms with Crippen LogP contribution in [-0.2, 0) is 4.79 Å². The summed E-state index contributed by atoms with van der Waals surface area (Å²) >= 11 is 7.68. The van der Waals surface area contributed by atoms with Crippen molar-refractivity contribution in [3.63, 3.8) is 0 Å². The molecule has 3 aromatic rings. The molecule has 0 bridgehead atoms. The zero-order valence-electron chi connectivity index (χ0n) is 11.8. The van der Waals surface area contributed by atoms with Gasteiger partial charge in [-0.2, -0.15) is 9.78 Å². The number of thiazole rings is 1. The van der Waals surface area contributed by atoms with Crippen molar-refractivity contribution >= 4 is 44.9 Å². The molecule has 22 heavy (non-hydrogen) atoms. The summed E-state index contributed by atoms with van der Waals surface area (Å²) in [4.78, 5) is 16.6. The van der Waals surface area contributed by atoms with Gasteiger partial charge in [0.25, 0.3) is 0 Å². The third kappa shape index (κ3) is 2.38. The van der Waals surface area contributed by atoms with Crippen LogP contribution in [0.5, 0.6) is 0 Å². The molecule has 0 radical (unpaired) electrons. The van der Waals surface area contributed by atoms with Crippen LogP contribution in [0.15, 0.2) is 24.3 Å². The molecule has 2 heterocycles. The van der Waals surface area contributed by atoms with Crippen molar-refractivity contribution in [2.24, 2.45) is 5.92 Å². The van der Waals surface area contributed by atoms with Gasteiger partial charge in [-0.25, -0.2) is 4.98 Å². The van der Waals surface area contributed by atoms with Crippen molar-refractivity contribution < 1.29 is 4.79 Å². The van der Waals surface area contributed by atoms with Gasteiger partial charge in [-0.3, -0.25) is 4.79 Å². The van der Waals surface area contributed by atoms with Crippen LogP contribution in [0.1, 0.15) is 18.5 Å². The predicted octanol–water partition coefficient (Wildman–Crippen LogP) is 3.79. The minimum absolute atomic E-state index is 0.0558. The number of para-hydroxylation sites is 1. The predicted molar refractivity (Wildman–Crippen MR) is 87.8 cm³/mol. The molecule has 1 aliphatic carbocycles. The third-order valence-corrected chi connectivity index (χ3v) is 4.87. The van der Waals surface area contributed by atoms with Crippen LogP contribution in [0.2, 0.25) is 5.02 Å². The molecule has 0 atom stereocenters. The van der Waals surface area contributed by atoms with Crippen LogP contribution >= 0.6 is 22.9 Å². The van der Waals surface area contributed by atoms with Crippen LogP contribution in [0.4, 0.5) is 5.82 Å². The van der Waals surface area contributed by atoms with Gasteiger partial charge in [-0.1, -0.05) is 29.0 Å². The van der Waals surface area contributed by atoms with Crippen molar-refractivity contribution in [2.75, 3.05) is 5.32 Å². The highest BCUT2D eigenvalue weighted by molar-refractivity contribution is 7.20. The van der Waals surface area contributed by atoms with E-state index in [9.17, 15) is 4.79 Å². The van der Waals surface area contributed by atoms with Gasteiger partial charge in [0.2, 0.25) is 11.0 Å². The second-order valence-corrected chi connectivity index (χ2v) is 6.85. The van der Waals surface area contributed by atoms with Gasteiger partial charge < -0.3 is 5.32 Å². The van der Waals surface area contributed by atoms with Gasteiger partial charge in [-0.05, 0) is 31.9 Å². The van der Waals surface area contributed by atoms with E-state index in [2.05, 4.69) is 15.4 Å². The summed E-state index contributed by atoms with van der Waals surface area (Å²) in [5.74, 6) is 0.860. The van der Waals surface area contributed by atoms with Crippen LogP contribution in [0.3, 0.4) is 0 Å². The normalized spacial score (nSPS) is 14.5. The first-order chi connectivity index (χ1) is 10.6. The summed E-state index contributed by atoms with van der Waals surface area (Å²) in [5.41, 5.74) is 1.59. The van der Waals surface area contributed by atoms with Crippen LogP contribution in [0, 0.1) is 12.8 Å². The Bertz CT molecular complexity index is 881. The molecule has 5 nitrogen and oxygen atoms in total. The first kappa shape index (κ1) is 13.7. The number of amides is 1. The quantitative estimate of drug-likeness (QED) is 0.793. The van der Waals surface area contributed by atoms with Gasteiger partial charge >= 0.3 is 0 Å². The van der Waals surface area contributed by atoms with E-state index in [0.717, 1.165) is 28.8 Å². The number of hydrogen-bond donors (Lipinski definition) is 1. The summed E-state index contributed by atoms with van der Waals surface area (Å²) in [6, 6.07) is 7.55. The Hall–Kier alpha value is -1.92. The van der Waals surface area contributed by atoms with E-state index >= 15 is 0 Å². The summed E-state index contributed by atoms with van der Waals surface area (Å²) in [6.45, 7) is 1.89. The molecule has 0 aliphatic heterocycles. The smallest absolute Gasteiger partial charge is 0.228 e. The first-order valence-electron chi connectivity index (χ1n) is 7.05. The topological polar surface area (TPSA) is 59.8 Å². The van der Waals surface area contributed by atoms with E-state index in [1.54, 1.807) is 4.68 Å². The number of nitrogens with one attached hydrogen (secondary N) is 1. The number of anilines is 1. The maximum Gasteiger partial charge on any atom is 0.228 e.